The predicted molar refractivity (Wildman–Crippen MR) is 125 cm³/mol. The van der Waals surface area contributed by atoms with E-state index < -0.39 is 15.9 Å². The molecule has 0 bridgehead atoms. The van der Waals surface area contributed by atoms with Crippen LogP contribution in [-0.4, -0.2) is 31.6 Å². The van der Waals surface area contributed by atoms with Crippen LogP contribution in [0.3, 0.4) is 0 Å². The number of para-hydroxylation sites is 1. The van der Waals surface area contributed by atoms with Crippen LogP contribution in [0.1, 0.15) is 45.5 Å². The smallest absolute Gasteiger partial charge is 0.264 e. The van der Waals surface area contributed by atoms with Gasteiger partial charge in [-0.05, 0) is 50.1 Å². The van der Waals surface area contributed by atoms with Crippen molar-refractivity contribution in [2.24, 2.45) is 0 Å². The minimum Gasteiger partial charge on any atom is -0.298 e. The van der Waals surface area contributed by atoms with Gasteiger partial charge in [-0.3, -0.25) is 19.2 Å². The molecule has 0 radical (unpaired) electrons. The topological polar surface area (TPSA) is 96.4 Å². The second kappa shape index (κ2) is 9.01. The van der Waals surface area contributed by atoms with Crippen molar-refractivity contribution in [3.63, 3.8) is 0 Å². The highest BCUT2D eigenvalue weighted by atomic mass is 35.5. The number of Topliss-reactive ketones (excluding diaryl/α,β-unsaturated/α-hetero) is 1. The van der Waals surface area contributed by atoms with Gasteiger partial charge in [0, 0.05) is 13.0 Å². The van der Waals surface area contributed by atoms with Gasteiger partial charge in [0.05, 0.1) is 31.7 Å². The number of halogens is 1. The largest absolute Gasteiger partial charge is 0.298 e. The molecule has 0 saturated carbocycles. The minimum absolute atomic E-state index is 0.0105. The van der Waals surface area contributed by atoms with E-state index in [1.54, 1.807) is 37.3 Å². The lowest BCUT2D eigenvalue weighted by molar-refractivity contribution is 0.0975. The molecule has 1 aliphatic rings. The number of aryl methyl sites for hydroxylation is 1. The zero-order chi connectivity index (χ0) is 22.9. The van der Waals surface area contributed by atoms with Crippen molar-refractivity contribution in [2.45, 2.75) is 31.1 Å². The molecule has 1 N–H and O–H groups in total. The molecule has 3 aromatic rings. The Hall–Kier alpha value is -2.75. The van der Waals surface area contributed by atoms with Gasteiger partial charge in [0.25, 0.3) is 15.9 Å². The van der Waals surface area contributed by atoms with Gasteiger partial charge in [-0.15, -0.1) is 0 Å². The summed E-state index contributed by atoms with van der Waals surface area (Å²) in [5.41, 5.74) is 1.22. The molecule has 4 rings (SSSR count). The number of carbonyl (C=O) groups is 2. The first-order valence-corrected chi connectivity index (χ1v) is 12.7. The molecule has 0 aliphatic heterocycles. The van der Waals surface area contributed by atoms with Crippen molar-refractivity contribution >= 4 is 55.5 Å². The van der Waals surface area contributed by atoms with Gasteiger partial charge in [0.2, 0.25) is 0 Å². The summed E-state index contributed by atoms with van der Waals surface area (Å²) >= 11 is 7.35. The molecule has 32 heavy (non-hydrogen) atoms. The zero-order valence-electron chi connectivity index (χ0n) is 17.2. The average molecular weight is 490 g/mol. The van der Waals surface area contributed by atoms with Crippen LogP contribution in [0.2, 0.25) is 5.02 Å². The highest BCUT2D eigenvalue weighted by molar-refractivity contribution is 7.92. The Morgan fingerprint density at radius 3 is 2.62 bits per heavy atom. The first kappa shape index (κ1) is 22.4. The average Bonchev–Trinajstić information content (AvgIpc) is 3.19. The molecular weight excluding hydrogens is 470 g/mol. The van der Waals surface area contributed by atoms with E-state index in [0.29, 0.717) is 34.2 Å². The van der Waals surface area contributed by atoms with Crippen LogP contribution in [0.5, 0.6) is 0 Å². The van der Waals surface area contributed by atoms with Crippen molar-refractivity contribution < 1.29 is 18.0 Å². The maximum Gasteiger partial charge on any atom is 0.264 e. The number of hydrogen-bond acceptors (Lipinski definition) is 6. The summed E-state index contributed by atoms with van der Waals surface area (Å²) in [6, 6.07) is 12.8. The maximum atomic E-state index is 13.3. The number of rotatable bonds is 6. The van der Waals surface area contributed by atoms with Crippen molar-refractivity contribution in [1.29, 1.82) is 0 Å². The van der Waals surface area contributed by atoms with Gasteiger partial charge in [0.15, 0.2) is 10.9 Å². The number of anilines is 2. The standard InChI is InChI=1S/C22H20ClN3O4S2/c1-2-26(14-7-4-3-5-8-14)32(29,30)15-11-12-17(23)16(13-15)21(28)25-22-24-18-9-6-10-19(27)20(18)31-22/h3-5,7-8,11-13H,2,6,9-10H2,1H3,(H,24,25,28). The normalized spacial score (nSPS) is 13.5. The van der Waals surface area contributed by atoms with Crippen LogP contribution in [0.15, 0.2) is 53.4 Å². The molecule has 2 aromatic carbocycles. The fraction of sp³-hybridized carbons (Fsp3) is 0.227. The zero-order valence-corrected chi connectivity index (χ0v) is 19.6. The number of amides is 1. The molecule has 10 heteroatoms. The fourth-order valence-electron chi connectivity index (χ4n) is 3.54. The Morgan fingerprint density at radius 2 is 1.94 bits per heavy atom. The lowest BCUT2D eigenvalue weighted by Gasteiger charge is -2.23. The number of thiazole rings is 1. The number of benzene rings is 2. The lowest BCUT2D eigenvalue weighted by Crippen LogP contribution is -2.31. The lowest BCUT2D eigenvalue weighted by atomic mass is 10.0. The summed E-state index contributed by atoms with van der Waals surface area (Å²) in [5, 5.41) is 3.06. The first-order chi connectivity index (χ1) is 15.3. The molecule has 166 valence electrons. The summed E-state index contributed by atoms with van der Waals surface area (Å²) in [6.07, 6.45) is 1.90. The number of nitrogens with zero attached hydrogens (tertiary/aromatic N) is 2. The number of aromatic nitrogens is 1. The molecule has 0 atom stereocenters. The number of nitrogens with one attached hydrogen (secondary N) is 1. The van der Waals surface area contributed by atoms with E-state index in [4.69, 9.17) is 11.6 Å². The van der Waals surface area contributed by atoms with E-state index in [1.165, 1.54) is 22.5 Å². The molecule has 0 spiro atoms. The molecule has 1 heterocycles. The van der Waals surface area contributed by atoms with Crippen molar-refractivity contribution in [2.75, 3.05) is 16.2 Å². The van der Waals surface area contributed by atoms with Crippen LogP contribution in [-0.2, 0) is 16.4 Å². The van der Waals surface area contributed by atoms with E-state index in [2.05, 4.69) is 10.3 Å². The predicted octanol–water partition coefficient (Wildman–Crippen LogP) is 4.78. The van der Waals surface area contributed by atoms with Crippen LogP contribution in [0.25, 0.3) is 0 Å². The molecule has 1 amide bonds. The Kier molecular flexibility index (Phi) is 6.32. The minimum atomic E-state index is -3.92. The monoisotopic (exact) mass is 489 g/mol. The SMILES string of the molecule is CCN(c1ccccc1)S(=O)(=O)c1ccc(Cl)c(C(=O)Nc2nc3c(s2)C(=O)CCC3)c1. The Morgan fingerprint density at radius 1 is 1.19 bits per heavy atom. The molecule has 7 nitrogen and oxygen atoms in total. The van der Waals surface area contributed by atoms with Crippen molar-refractivity contribution in [3.8, 4) is 0 Å². The van der Waals surface area contributed by atoms with Crippen molar-refractivity contribution in [3.05, 3.63) is 69.7 Å². The molecule has 0 saturated heterocycles. The Bertz CT molecular complexity index is 1290. The molecule has 0 fully saturated rings. The third-order valence-electron chi connectivity index (χ3n) is 5.09. The van der Waals surface area contributed by atoms with Crippen LogP contribution < -0.4 is 9.62 Å². The van der Waals surface area contributed by atoms with E-state index in [9.17, 15) is 18.0 Å². The van der Waals surface area contributed by atoms with E-state index in [0.717, 1.165) is 17.8 Å². The van der Waals surface area contributed by atoms with Gasteiger partial charge in [-0.25, -0.2) is 13.4 Å². The van der Waals surface area contributed by atoms with Crippen LogP contribution in [0.4, 0.5) is 10.8 Å². The van der Waals surface area contributed by atoms with Crippen molar-refractivity contribution in [1.82, 2.24) is 4.98 Å². The van der Waals surface area contributed by atoms with E-state index >= 15 is 0 Å². The maximum absolute atomic E-state index is 13.3. The fourth-order valence-corrected chi connectivity index (χ4v) is 6.22. The number of fused-ring (bicyclic) bond motifs is 1. The van der Waals surface area contributed by atoms with Gasteiger partial charge in [-0.1, -0.05) is 41.1 Å². The van der Waals surface area contributed by atoms with E-state index in [1.807, 2.05) is 0 Å². The summed E-state index contributed by atoms with van der Waals surface area (Å²) in [6.45, 7) is 1.95. The van der Waals surface area contributed by atoms with Gasteiger partial charge >= 0.3 is 0 Å². The number of sulfonamides is 1. The number of ketones is 1. The second-order valence-electron chi connectivity index (χ2n) is 7.17. The molecule has 1 aliphatic carbocycles. The van der Waals surface area contributed by atoms with E-state index in [-0.39, 0.29) is 27.8 Å². The van der Waals surface area contributed by atoms with Gasteiger partial charge in [0.1, 0.15) is 0 Å². The first-order valence-electron chi connectivity index (χ1n) is 10.0. The highest BCUT2D eigenvalue weighted by Crippen LogP contribution is 2.31. The summed E-state index contributed by atoms with van der Waals surface area (Å²) in [4.78, 5) is 29.8. The second-order valence-corrected chi connectivity index (χ2v) is 10.4. The molecular formula is C22H20ClN3O4S2. The summed E-state index contributed by atoms with van der Waals surface area (Å²) in [5.74, 6) is -0.565. The number of hydrogen-bond donors (Lipinski definition) is 1. The van der Waals surface area contributed by atoms with Gasteiger partial charge in [-0.2, -0.15) is 0 Å². The third kappa shape index (κ3) is 4.28. The van der Waals surface area contributed by atoms with Gasteiger partial charge < -0.3 is 0 Å². The quantitative estimate of drug-likeness (QED) is 0.537. The highest BCUT2D eigenvalue weighted by Gasteiger charge is 2.27. The number of carbonyl (C=O) groups excluding carboxylic acids is 2. The summed E-state index contributed by atoms with van der Waals surface area (Å²) in [7, 11) is -3.92. The van der Waals surface area contributed by atoms with Crippen LogP contribution >= 0.6 is 22.9 Å². The Labute approximate surface area is 195 Å². The summed E-state index contributed by atoms with van der Waals surface area (Å²) < 4.78 is 27.8. The third-order valence-corrected chi connectivity index (χ3v) is 8.37. The molecule has 1 aromatic heterocycles. The Balaban J connectivity index is 1.64. The molecule has 0 unspecified atom stereocenters. The van der Waals surface area contributed by atoms with Crippen LogP contribution in [0, 0.1) is 0 Å².